The van der Waals surface area contributed by atoms with E-state index in [0.717, 1.165) is 21.3 Å². The summed E-state index contributed by atoms with van der Waals surface area (Å²) in [5.74, 6) is 0.283. The first kappa shape index (κ1) is 21.2. The highest BCUT2D eigenvalue weighted by molar-refractivity contribution is 9.10. The van der Waals surface area contributed by atoms with Crippen LogP contribution in [0.15, 0.2) is 82.4 Å². The SMILES string of the molecule is O=C(Cc1ccccc1[N+](=O)[O-])NN=Cc1ccc(OCc2ccc(Br)cc2)cc1. The number of nitro benzene ring substituents is 1. The highest BCUT2D eigenvalue weighted by Gasteiger charge is 2.14. The number of hydrogen-bond donors (Lipinski definition) is 1. The van der Waals surface area contributed by atoms with E-state index < -0.39 is 10.8 Å². The maximum atomic E-state index is 12.0. The molecule has 3 rings (SSSR count). The van der Waals surface area contributed by atoms with Crippen LogP contribution < -0.4 is 10.2 Å². The van der Waals surface area contributed by atoms with Gasteiger partial charge in [-0.15, -0.1) is 0 Å². The number of carbonyl (C=O) groups excluding carboxylic acids is 1. The predicted molar refractivity (Wildman–Crippen MR) is 117 cm³/mol. The second-order valence-electron chi connectivity index (χ2n) is 6.34. The number of para-hydroxylation sites is 1. The van der Waals surface area contributed by atoms with E-state index in [4.69, 9.17) is 4.74 Å². The zero-order valence-electron chi connectivity index (χ0n) is 15.8. The van der Waals surface area contributed by atoms with Gasteiger partial charge in [-0.25, -0.2) is 5.43 Å². The number of benzene rings is 3. The highest BCUT2D eigenvalue weighted by Crippen LogP contribution is 2.18. The number of nitro groups is 1. The fourth-order valence-corrected chi connectivity index (χ4v) is 2.89. The van der Waals surface area contributed by atoms with Crippen molar-refractivity contribution in [3.8, 4) is 5.75 Å². The first-order valence-corrected chi connectivity index (χ1v) is 9.82. The zero-order chi connectivity index (χ0) is 21.3. The molecule has 7 nitrogen and oxygen atoms in total. The van der Waals surface area contributed by atoms with E-state index in [9.17, 15) is 14.9 Å². The summed E-state index contributed by atoms with van der Waals surface area (Å²) in [5.41, 5.74) is 4.47. The third-order valence-electron chi connectivity index (χ3n) is 4.14. The second-order valence-corrected chi connectivity index (χ2v) is 7.26. The third-order valence-corrected chi connectivity index (χ3v) is 4.67. The molecule has 1 amide bonds. The van der Waals surface area contributed by atoms with Gasteiger partial charge in [-0.3, -0.25) is 14.9 Å². The van der Waals surface area contributed by atoms with Crippen LogP contribution >= 0.6 is 15.9 Å². The molecule has 0 saturated heterocycles. The van der Waals surface area contributed by atoms with Crippen molar-refractivity contribution in [2.75, 3.05) is 0 Å². The predicted octanol–water partition coefficient (Wildman–Crippen LogP) is 4.63. The number of nitrogens with one attached hydrogen (secondary N) is 1. The Bertz CT molecular complexity index is 1050. The Labute approximate surface area is 181 Å². The van der Waals surface area contributed by atoms with Gasteiger partial charge in [-0.2, -0.15) is 5.10 Å². The molecular formula is C22H18BrN3O4. The Morgan fingerprint density at radius 1 is 1.07 bits per heavy atom. The number of halogens is 1. The van der Waals surface area contributed by atoms with Crippen LogP contribution in [0.1, 0.15) is 16.7 Å². The van der Waals surface area contributed by atoms with Crippen molar-refractivity contribution in [1.29, 1.82) is 0 Å². The maximum absolute atomic E-state index is 12.0. The molecule has 0 fully saturated rings. The lowest BCUT2D eigenvalue weighted by Crippen LogP contribution is -2.20. The van der Waals surface area contributed by atoms with Crippen molar-refractivity contribution in [3.63, 3.8) is 0 Å². The molecule has 0 aliphatic carbocycles. The van der Waals surface area contributed by atoms with Gasteiger partial charge in [0.15, 0.2) is 0 Å². The van der Waals surface area contributed by atoms with Gasteiger partial charge in [0.2, 0.25) is 5.91 Å². The third kappa shape index (κ3) is 6.25. The summed E-state index contributed by atoms with van der Waals surface area (Å²) in [6, 6.07) is 21.3. The van der Waals surface area contributed by atoms with Crippen LogP contribution in [0, 0.1) is 10.1 Å². The lowest BCUT2D eigenvalue weighted by Gasteiger charge is -2.06. The molecule has 0 aromatic heterocycles. The van der Waals surface area contributed by atoms with E-state index in [1.165, 1.54) is 12.3 Å². The molecule has 0 unspecified atom stereocenters. The molecular weight excluding hydrogens is 450 g/mol. The summed E-state index contributed by atoms with van der Waals surface area (Å²) >= 11 is 3.40. The van der Waals surface area contributed by atoms with Gasteiger partial charge >= 0.3 is 0 Å². The molecule has 0 spiro atoms. The highest BCUT2D eigenvalue weighted by atomic mass is 79.9. The van der Waals surface area contributed by atoms with Crippen LogP contribution in [-0.2, 0) is 17.8 Å². The summed E-state index contributed by atoms with van der Waals surface area (Å²) in [6.07, 6.45) is 1.37. The van der Waals surface area contributed by atoms with E-state index in [-0.39, 0.29) is 12.1 Å². The normalized spacial score (nSPS) is 10.7. The fourth-order valence-electron chi connectivity index (χ4n) is 2.63. The van der Waals surface area contributed by atoms with E-state index in [1.54, 1.807) is 18.2 Å². The van der Waals surface area contributed by atoms with Gasteiger partial charge in [0.05, 0.1) is 17.6 Å². The van der Waals surface area contributed by atoms with E-state index in [0.29, 0.717) is 12.2 Å². The first-order valence-electron chi connectivity index (χ1n) is 9.03. The van der Waals surface area contributed by atoms with Crippen molar-refractivity contribution in [2.24, 2.45) is 5.10 Å². The van der Waals surface area contributed by atoms with E-state index in [2.05, 4.69) is 26.5 Å². The number of amides is 1. The molecule has 0 aliphatic rings. The van der Waals surface area contributed by atoms with Gasteiger partial charge < -0.3 is 4.74 Å². The molecule has 0 radical (unpaired) electrons. The van der Waals surface area contributed by atoms with Crippen LogP contribution in [0.25, 0.3) is 0 Å². The minimum Gasteiger partial charge on any atom is -0.489 e. The second kappa shape index (κ2) is 10.3. The number of ether oxygens (including phenoxy) is 1. The van der Waals surface area contributed by atoms with Crippen molar-refractivity contribution < 1.29 is 14.5 Å². The quantitative estimate of drug-likeness (QED) is 0.296. The topological polar surface area (TPSA) is 93.8 Å². The molecule has 0 bridgehead atoms. The molecule has 0 atom stereocenters. The molecule has 0 aliphatic heterocycles. The van der Waals surface area contributed by atoms with Crippen molar-refractivity contribution in [3.05, 3.63) is 104 Å². The Balaban J connectivity index is 1.49. The molecule has 3 aromatic rings. The number of hydrazone groups is 1. The maximum Gasteiger partial charge on any atom is 0.273 e. The molecule has 1 N–H and O–H groups in total. The fraction of sp³-hybridized carbons (Fsp3) is 0.0909. The largest absolute Gasteiger partial charge is 0.489 e. The van der Waals surface area contributed by atoms with Crippen LogP contribution in [0.2, 0.25) is 0 Å². The van der Waals surface area contributed by atoms with Crippen LogP contribution in [-0.4, -0.2) is 17.0 Å². The molecule has 8 heteroatoms. The van der Waals surface area contributed by atoms with Gasteiger partial charge in [0, 0.05) is 16.1 Å². The zero-order valence-corrected chi connectivity index (χ0v) is 17.4. The Morgan fingerprint density at radius 3 is 2.47 bits per heavy atom. The summed E-state index contributed by atoms with van der Waals surface area (Å²) in [4.78, 5) is 22.5. The van der Waals surface area contributed by atoms with E-state index in [1.807, 2.05) is 48.5 Å². The Hall–Kier alpha value is -3.52. The minimum atomic E-state index is -0.508. The van der Waals surface area contributed by atoms with Gasteiger partial charge in [-0.05, 0) is 47.5 Å². The average Bonchev–Trinajstić information content (AvgIpc) is 2.74. The molecule has 3 aromatic carbocycles. The minimum absolute atomic E-state index is 0.0876. The van der Waals surface area contributed by atoms with Crippen molar-refractivity contribution in [1.82, 2.24) is 5.43 Å². The monoisotopic (exact) mass is 467 g/mol. The summed E-state index contributed by atoms with van der Waals surface area (Å²) in [6.45, 7) is 0.461. The first-order chi connectivity index (χ1) is 14.5. The average molecular weight is 468 g/mol. The summed E-state index contributed by atoms with van der Waals surface area (Å²) in [7, 11) is 0. The molecule has 0 saturated carbocycles. The Kier molecular flexibility index (Phi) is 7.29. The molecule has 30 heavy (non-hydrogen) atoms. The van der Waals surface area contributed by atoms with Gasteiger partial charge in [0.1, 0.15) is 12.4 Å². The van der Waals surface area contributed by atoms with Gasteiger partial charge in [0.25, 0.3) is 5.69 Å². The van der Waals surface area contributed by atoms with Gasteiger partial charge in [-0.1, -0.05) is 46.3 Å². The number of rotatable bonds is 8. The van der Waals surface area contributed by atoms with Crippen LogP contribution in [0.4, 0.5) is 5.69 Å². The standard InChI is InChI=1S/C22H18BrN3O4/c23-19-9-5-17(6-10-19)15-30-20-11-7-16(8-12-20)14-24-25-22(27)13-18-3-1-2-4-21(18)26(28)29/h1-12,14H,13,15H2,(H,25,27). The summed E-state index contributed by atoms with van der Waals surface area (Å²) < 4.78 is 6.76. The van der Waals surface area contributed by atoms with Crippen LogP contribution in [0.5, 0.6) is 5.75 Å². The molecule has 0 heterocycles. The lowest BCUT2D eigenvalue weighted by atomic mass is 10.1. The summed E-state index contributed by atoms with van der Waals surface area (Å²) in [5, 5.41) is 14.9. The number of carbonyl (C=O) groups is 1. The van der Waals surface area contributed by atoms with E-state index >= 15 is 0 Å². The number of nitrogens with zero attached hydrogens (tertiary/aromatic N) is 2. The van der Waals surface area contributed by atoms with Crippen LogP contribution in [0.3, 0.4) is 0 Å². The number of hydrogen-bond acceptors (Lipinski definition) is 5. The Morgan fingerprint density at radius 2 is 1.77 bits per heavy atom. The molecule has 152 valence electrons. The van der Waals surface area contributed by atoms with Crippen molar-refractivity contribution >= 4 is 33.7 Å². The lowest BCUT2D eigenvalue weighted by molar-refractivity contribution is -0.385. The smallest absolute Gasteiger partial charge is 0.273 e. The van der Waals surface area contributed by atoms with Crippen molar-refractivity contribution in [2.45, 2.75) is 13.0 Å².